The van der Waals surface area contributed by atoms with Crippen LogP contribution in [0.4, 0.5) is 0 Å². The van der Waals surface area contributed by atoms with Crippen molar-refractivity contribution >= 4 is 0 Å². The van der Waals surface area contributed by atoms with Gasteiger partial charge in [-0.05, 0) is 102 Å². The van der Waals surface area contributed by atoms with E-state index in [0.29, 0.717) is 0 Å². The lowest BCUT2D eigenvalue weighted by Crippen LogP contribution is -2.52. The molecule has 0 spiro atoms. The SMILES string of the molecule is CCC1CN(Cc2ccccc2)CCC1N1CCCCC1.CCC1CNCCC1N1CCCCC1. The molecule has 4 heteroatoms. The van der Waals surface area contributed by atoms with Crippen LogP contribution in [0, 0.1) is 11.8 Å². The maximum absolute atomic E-state index is 3.53. The highest BCUT2D eigenvalue weighted by atomic mass is 15.2. The molecular weight excluding hydrogens is 428 g/mol. The molecule has 0 saturated carbocycles. The monoisotopic (exact) mass is 482 g/mol. The summed E-state index contributed by atoms with van der Waals surface area (Å²) in [5.41, 5.74) is 1.46. The quantitative estimate of drug-likeness (QED) is 0.567. The molecule has 4 saturated heterocycles. The van der Waals surface area contributed by atoms with Crippen LogP contribution in [-0.4, -0.2) is 79.1 Å². The summed E-state index contributed by atoms with van der Waals surface area (Å²) in [7, 11) is 0. The molecule has 0 amide bonds. The molecule has 4 unspecified atom stereocenters. The fourth-order valence-electron chi connectivity index (χ4n) is 7.27. The van der Waals surface area contributed by atoms with E-state index in [1.165, 1.54) is 122 Å². The summed E-state index contributed by atoms with van der Waals surface area (Å²) in [4.78, 5) is 8.24. The number of hydrogen-bond acceptors (Lipinski definition) is 4. The van der Waals surface area contributed by atoms with E-state index >= 15 is 0 Å². The third-order valence-corrected chi connectivity index (χ3v) is 9.36. The lowest BCUT2D eigenvalue weighted by Gasteiger charge is -2.45. The molecular formula is C31H54N4. The second-order valence-corrected chi connectivity index (χ2v) is 11.7. The molecule has 0 aliphatic carbocycles. The fourth-order valence-corrected chi connectivity index (χ4v) is 7.27. The van der Waals surface area contributed by atoms with Gasteiger partial charge in [-0.25, -0.2) is 0 Å². The summed E-state index contributed by atoms with van der Waals surface area (Å²) in [6.07, 6.45) is 14.0. The molecule has 1 aromatic carbocycles. The highest BCUT2D eigenvalue weighted by Gasteiger charge is 2.32. The maximum atomic E-state index is 3.53. The average Bonchev–Trinajstić information content (AvgIpc) is 2.95. The summed E-state index contributed by atoms with van der Waals surface area (Å²) in [6, 6.07) is 12.7. The number of likely N-dealkylation sites (tertiary alicyclic amines) is 3. The van der Waals surface area contributed by atoms with E-state index in [1.807, 2.05) is 0 Å². The number of hydrogen-bond donors (Lipinski definition) is 1. The predicted octanol–water partition coefficient (Wildman–Crippen LogP) is 5.63. The first kappa shape index (κ1) is 27.1. The Hall–Kier alpha value is -0.940. The molecule has 0 radical (unpaired) electrons. The molecule has 5 rings (SSSR count). The number of piperidine rings is 4. The van der Waals surface area contributed by atoms with Crippen molar-refractivity contribution in [2.75, 3.05) is 52.4 Å². The normalized spacial score (nSPS) is 31.5. The van der Waals surface area contributed by atoms with Crippen LogP contribution in [0.15, 0.2) is 30.3 Å². The summed E-state index contributed by atoms with van der Waals surface area (Å²) in [5, 5.41) is 3.53. The summed E-state index contributed by atoms with van der Waals surface area (Å²) in [6.45, 7) is 16.3. The minimum atomic E-state index is 0.849. The first-order valence-corrected chi connectivity index (χ1v) is 15.2. The first-order valence-electron chi connectivity index (χ1n) is 15.2. The van der Waals surface area contributed by atoms with Gasteiger partial charge in [0.15, 0.2) is 0 Å². The van der Waals surface area contributed by atoms with Crippen LogP contribution in [0.5, 0.6) is 0 Å². The summed E-state index contributed by atoms with van der Waals surface area (Å²) in [5.74, 6) is 1.77. The second kappa shape index (κ2) is 14.7. The lowest BCUT2D eigenvalue weighted by molar-refractivity contribution is 0.0400. The zero-order valence-electron chi connectivity index (χ0n) is 23.0. The van der Waals surface area contributed by atoms with Gasteiger partial charge in [-0.15, -0.1) is 0 Å². The Balaban J connectivity index is 0.000000179. The minimum Gasteiger partial charge on any atom is -0.316 e. The molecule has 4 aliphatic rings. The van der Waals surface area contributed by atoms with Crippen LogP contribution in [0.25, 0.3) is 0 Å². The van der Waals surface area contributed by atoms with Gasteiger partial charge in [0, 0.05) is 25.2 Å². The van der Waals surface area contributed by atoms with Crippen molar-refractivity contribution in [2.24, 2.45) is 11.8 Å². The highest BCUT2D eigenvalue weighted by molar-refractivity contribution is 5.14. The van der Waals surface area contributed by atoms with E-state index in [0.717, 1.165) is 30.5 Å². The molecule has 4 atom stereocenters. The Kier molecular flexibility index (Phi) is 11.4. The van der Waals surface area contributed by atoms with Crippen LogP contribution in [-0.2, 0) is 6.54 Å². The Bertz CT molecular complexity index is 682. The van der Waals surface area contributed by atoms with Gasteiger partial charge in [0.2, 0.25) is 0 Å². The predicted molar refractivity (Wildman–Crippen MR) is 150 cm³/mol. The van der Waals surface area contributed by atoms with Gasteiger partial charge in [0.05, 0.1) is 0 Å². The molecule has 4 heterocycles. The molecule has 198 valence electrons. The van der Waals surface area contributed by atoms with Crippen molar-refractivity contribution in [3.8, 4) is 0 Å². The van der Waals surface area contributed by atoms with Gasteiger partial charge in [-0.3, -0.25) is 4.90 Å². The van der Waals surface area contributed by atoms with Crippen molar-refractivity contribution in [1.29, 1.82) is 0 Å². The number of nitrogens with zero attached hydrogens (tertiary/aromatic N) is 3. The van der Waals surface area contributed by atoms with Crippen LogP contribution < -0.4 is 5.32 Å². The molecule has 35 heavy (non-hydrogen) atoms. The zero-order valence-corrected chi connectivity index (χ0v) is 23.0. The minimum absolute atomic E-state index is 0.849. The Morgan fingerprint density at radius 2 is 1.31 bits per heavy atom. The standard InChI is InChI=1S/C19H30N2.C12H24N2/c1-2-18-16-20(15-17-9-5-3-6-10-17)14-11-19(18)21-12-7-4-8-13-21;1-2-11-10-13-7-6-12(11)14-8-4-3-5-9-14/h3,5-6,9-10,18-19H,2,4,7-8,11-16H2,1H3;11-13H,2-10H2,1H3. The van der Waals surface area contributed by atoms with Gasteiger partial charge in [-0.2, -0.15) is 0 Å². The van der Waals surface area contributed by atoms with Crippen LogP contribution in [0.1, 0.15) is 83.6 Å². The molecule has 1 aromatic rings. The molecule has 4 fully saturated rings. The number of rotatable bonds is 6. The summed E-state index contributed by atoms with van der Waals surface area (Å²) >= 11 is 0. The van der Waals surface area contributed by atoms with E-state index in [9.17, 15) is 0 Å². The van der Waals surface area contributed by atoms with E-state index < -0.39 is 0 Å². The van der Waals surface area contributed by atoms with Gasteiger partial charge in [0.25, 0.3) is 0 Å². The number of benzene rings is 1. The van der Waals surface area contributed by atoms with E-state index in [4.69, 9.17) is 0 Å². The Labute approximate surface area is 216 Å². The van der Waals surface area contributed by atoms with Gasteiger partial charge in [-0.1, -0.05) is 69.9 Å². The average molecular weight is 483 g/mol. The van der Waals surface area contributed by atoms with Crippen molar-refractivity contribution in [2.45, 2.75) is 96.7 Å². The first-order chi connectivity index (χ1) is 17.3. The zero-order chi connectivity index (χ0) is 24.3. The smallest absolute Gasteiger partial charge is 0.0233 e. The van der Waals surface area contributed by atoms with E-state index in [1.54, 1.807) is 0 Å². The van der Waals surface area contributed by atoms with Crippen LogP contribution in [0.2, 0.25) is 0 Å². The molecule has 1 N–H and O–H groups in total. The number of nitrogens with one attached hydrogen (secondary N) is 1. The van der Waals surface area contributed by atoms with Crippen molar-refractivity contribution in [3.63, 3.8) is 0 Å². The Morgan fingerprint density at radius 3 is 1.91 bits per heavy atom. The second-order valence-electron chi connectivity index (χ2n) is 11.7. The topological polar surface area (TPSA) is 21.8 Å². The Morgan fingerprint density at radius 1 is 0.714 bits per heavy atom. The summed E-state index contributed by atoms with van der Waals surface area (Å²) < 4.78 is 0. The van der Waals surface area contributed by atoms with Crippen molar-refractivity contribution in [3.05, 3.63) is 35.9 Å². The van der Waals surface area contributed by atoms with E-state index in [2.05, 4.69) is 64.2 Å². The molecule has 0 bridgehead atoms. The molecule has 0 aromatic heterocycles. The molecule has 4 aliphatic heterocycles. The lowest BCUT2D eigenvalue weighted by atomic mass is 9.87. The highest BCUT2D eigenvalue weighted by Crippen LogP contribution is 2.28. The van der Waals surface area contributed by atoms with Crippen LogP contribution >= 0.6 is 0 Å². The van der Waals surface area contributed by atoms with Crippen molar-refractivity contribution in [1.82, 2.24) is 20.0 Å². The van der Waals surface area contributed by atoms with Gasteiger partial charge < -0.3 is 15.1 Å². The van der Waals surface area contributed by atoms with Gasteiger partial charge >= 0.3 is 0 Å². The fraction of sp³-hybridized carbons (Fsp3) is 0.806. The third kappa shape index (κ3) is 8.02. The molecule has 4 nitrogen and oxygen atoms in total. The third-order valence-electron chi connectivity index (χ3n) is 9.36. The van der Waals surface area contributed by atoms with E-state index in [-0.39, 0.29) is 0 Å². The van der Waals surface area contributed by atoms with Crippen molar-refractivity contribution < 1.29 is 0 Å². The maximum Gasteiger partial charge on any atom is 0.0233 e. The van der Waals surface area contributed by atoms with Crippen LogP contribution in [0.3, 0.4) is 0 Å². The largest absolute Gasteiger partial charge is 0.316 e. The van der Waals surface area contributed by atoms with Gasteiger partial charge in [0.1, 0.15) is 0 Å².